The first-order valence-corrected chi connectivity index (χ1v) is 5.39. The van der Waals surface area contributed by atoms with Gasteiger partial charge in [0.1, 0.15) is 0 Å². The Morgan fingerprint density at radius 2 is 2.19 bits per heavy atom. The van der Waals surface area contributed by atoms with E-state index in [4.69, 9.17) is 15.3 Å². The Bertz CT molecular complexity index is 383. The molecule has 0 heterocycles. The highest BCUT2D eigenvalue weighted by atomic mass is 79.9. The highest BCUT2D eigenvalue weighted by Gasteiger charge is 2.11. The van der Waals surface area contributed by atoms with Crippen molar-refractivity contribution in [1.29, 1.82) is 0 Å². The molecule has 0 aliphatic heterocycles. The minimum Gasteiger partial charge on any atom is -0.478 e. The Labute approximate surface area is 101 Å². The van der Waals surface area contributed by atoms with Crippen LogP contribution in [0.25, 0.3) is 0 Å². The molecule has 1 rings (SSSR count). The third-order valence-electron chi connectivity index (χ3n) is 1.95. The summed E-state index contributed by atoms with van der Waals surface area (Å²) in [6, 6.07) is 4.76. The van der Waals surface area contributed by atoms with Crippen molar-refractivity contribution in [2.75, 3.05) is 18.5 Å². The van der Waals surface area contributed by atoms with E-state index in [-0.39, 0.29) is 18.7 Å². The van der Waals surface area contributed by atoms with E-state index in [2.05, 4.69) is 21.2 Å². The molecule has 0 radical (unpaired) electrons. The van der Waals surface area contributed by atoms with E-state index < -0.39 is 12.1 Å². The number of hydrogen-bond acceptors (Lipinski definition) is 4. The van der Waals surface area contributed by atoms with Crippen LogP contribution in [0.1, 0.15) is 10.4 Å². The van der Waals surface area contributed by atoms with Gasteiger partial charge in [-0.2, -0.15) is 0 Å². The zero-order valence-corrected chi connectivity index (χ0v) is 9.94. The molecule has 0 spiro atoms. The smallest absolute Gasteiger partial charge is 0.337 e. The molecule has 0 fully saturated rings. The molecule has 16 heavy (non-hydrogen) atoms. The van der Waals surface area contributed by atoms with Crippen molar-refractivity contribution >= 4 is 27.6 Å². The van der Waals surface area contributed by atoms with E-state index in [1.165, 1.54) is 6.07 Å². The molecule has 88 valence electrons. The van der Waals surface area contributed by atoms with Crippen molar-refractivity contribution in [3.63, 3.8) is 0 Å². The Kier molecular flexibility index (Phi) is 4.72. The standard InChI is InChI=1S/C10H12BrNO4/c11-6-1-2-9(8(3-6)10(15)16)12-4-7(14)5-13/h1-3,7,12-14H,4-5H2,(H,15,16). The van der Waals surface area contributed by atoms with Gasteiger partial charge >= 0.3 is 5.97 Å². The summed E-state index contributed by atoms with van der Waals surface area (Å²) in [4.78, 5) is 10.9. The molecular weight excluding hydrogens is 278 g/mol. The van der Waals surface area contributed by atoms with Crippen LogP contribution < -0.4 is 5.32 Å². The van der Waals surface area contributed by atoms with Crippen molar-refractivity contribution in [3.05, 3.63) is 28.2 Å². The van der Waals surface area contributed by atoms with Crippen LogP contribution in [0.2, 0.25) is 0 Å². The summed E-state index contributed by atoms with van der Waals surface area (Å²) in [5.41, 5.74) is 0.516. The number of hydrogen-bond donors (Lipinski definition) is 4. The number of nitrogens with one attached hydrogen (secondary N) is 1. The Balaban J connectivity index is 2.82. The monoisotopic (exact) mass is 289 g/mol. The van der Waals surface area contributed by atoms with Crippen LogP contribution >= 0.6 is 15.9 Å². The summed E-state index contributed by atoms with van der Waals surface area (Å²) < 4.78 is 0.665. The van der Waals surface area contributed by atoms with Crippen molar-refractivity contribution < 1.29 is 20.1 Å². The largest absolute Gasteiger partial charge is 0.478 e. The average molecular weight is 290 g/mol. The fourth-order valence-electron chi connectivity index (χ4n) is 1.14. The number of aromatic carboxylic acids is 1. The Morgan fingerprint density at radius 1 is 1.50 bits per heavy atom. The predicted octanol–water partition coefficient (Wildman–Crippen LogP) is 0.912. The molecule has 4 N–H and O–H groups in total. The number of carboxylic acids is 1. The average Bonchev–Trinajstić information content (AvgIpc) is 2.26. The molecule has 1 aromatic rings. The third-order valence-corrected chi connectivity index (χ3v) is 2.44. The molecule has 0 bridgehead atoms. The van der Waals surface area contributed by atoms with Crippen LogP contribution in [0.4, 0.5) is 5.69 Å². The molecule has 0 amide bonds. The lowest BCUT2D eigenvalue weighted by atomic mass is 10.1. The van der Waals surface area contributed by atoms with Gasteiger partial charge in [0.15, 0.2) is 0 Å². The molecule has 0 saturated carbocycles. The molecule has 0 aliphatic rings. The molecule has 0 saturated heterocycles. The van der Waals surface area contributed by atoms with Gasteiger partial charge in [-0.15, -0.1) is 0 Å². The summed E-state index contributed by atoms with van der Waals surface area (Å²) in [5.74, 6) is -1.05. The summed E-state index contributed by atoms with van der Waals surface area (Å²) in [6.45, 7) is -0.273. The second kappa shape index (κ2) is 5.83. The number of aliphatic hydroxyl groups is 2. The lowest BCUT2D eigenvalue weighted by Crippen LogP contribution is -2.23. The summed E-state index contributed by atoms with van der Waals surface area (Å²) >= 11 is 3.18. The van der Waals surface area contributed by atoms with E-state index >= 15 is 0 Å². The zero-order valence-electron chi connectivity index (χ0n) is 8.35. The van der Waals surface area contributed by atoms with Gasteiger partial charge in [0.05, 0.1) is 18.3 Å². The van der Waals surface area contributed by atoms with E-state index in [9.17, 15) is 4.79 Å². The third kappa shape index (κ3) is 3.48. The van der Waals surface area contributed by atoms with Gasteiger partial charge in [-0.1, -0.05) is 15.9 Å². The van der Waals surface area contributed by atoms with Crippen molar-refractivity contribution in [2.45, 2.75) is 6.10 Å². The number of benzene rings is 1. The minimum atomic E-state index is -1.05. The number of aliphatic hydroxyl groups excluding tert-OH is 2. The molecule has 5 nitrogen and oxygen atoms in total. The second-order valence-electron chi connectivity index (χ2n) is 3.21. The number of rotatable bonds is 5. The quantitative estimate of drug-likeness (QED) is 0.647. The normalized spacial score (nSPS) is 12.2. The van der Waals surface area contributed by atoms with Gasteiger partial charge < -0.3 is 20.6 Å². The fourth-order valence-corrected chi connectivity index (χ4v) is 1.50. The zero-order chi connectivity index (χ0) is 12.1. The lowest BCUT2D eigenvalue weighted by Gasteiger charge is -2.12. The molecule has 0 aliphatic carbocycles. The van der Waals surface area contributed by atoms with E-state index in [1.807, 2.05) is 0 Å². The first-order valence-electron chi connectivity index (χ1n) is 4.60. The van der Waals surface area contributed by atoms with Crippen LogP contribution in [-0.4, -0.2) is 40.5 Å². The SMILES string of the molecule is O=C(O)c1cc(Br)ccc1NCC(O)CO. The summed E-state index contributed by atoms with van der Waals surface area (Å²) in [7, 11) is 0. The maximum absolute atomic E-state index is 10.9. The first-order chi connectivity index (χ1) is 7.54. The molecular formula is C10H12BrNO4. The van der Waals surface area contributed by atoms with E-state index in [0.29, 0.717) is 10.2 Å². The molecule has 0 aromatic heterocycles. The molecule has 1 unspecified atom stereocenters. The van der Waals surface area contributed by atoms with E-state index in [0.717, 1.165) is 0 Å². The first kappa shape index (κ1) is 13.0. The van der Waals surface area contributed by atoms with Crippen LogP contribution in [0.15, 0.2) is 22.7 Å². The summed E-state index contributed by atoms with van der Waals surface area (Å²) in [5, 5.41) is 29.5. The van der Waals surface area contributed by atoms with Gasteiger partial charge in [-0.3, -0.25) is 0 Å². The van der Waals surface area contributed by atoms with Crippen LogP contribution in [0.3, 0.4) is 0 Å². The molecule has 6 heteroatoms. The second-order valence-corrected chi connectivity index (χ2v) is 4.13. The molecule has 1 atom stereocenters. The number of halogens is 1. The van der Waals surface area contributed by atoms with Gasteiger partial charge in [0, 0.05) is 16.7 Å². The predicted molar refractivity (Wildman–Crippen MR) is 62.7 cm³/mol. The Hall–Kier alpha value is -1.11. The summed E-state index contributed by atoms with van der Waals surface area (Å²) in [6.07, 6.45) is -0.912. The molecule has 1 aromatic carbocycles. The van der Waals surface area contributed by atoms with Gasteiger partial charge in [-0.25, -0.2) is 4.79 Å². The topological polar surface area (TPSA) is 89.8 Å². The van der Waals surface area contributed by atoms with Crippen molar-refractivity contribution in [3.8, 4) is 0 Å². The fraction of sp³-hybridized carbons (Fsp3) is 0.300. The van der Waals surface area contributed by atoms with Gasteiger partial charge in [0.25, 0.3) is 0 Å². The maximum atomic E-state index is 10.9. The van der Waals surface area contributed by atoms with Crippen LogP contribution in [0, 0.1) is 0 Å². The highest BCUT2D eigenvalue weighted by molar-refractivity contribution is 9.10. The number of anilines is 1. The maximum Gasteiger partial charge on any atom is 0.337 e. The highest BCUT2D eigenvalue weighted by Crippen LogP contribution is 2.21. The Morgan fingerprint density at radius 3 is 2.75 bits per heavy atom. The van der Waals surface area contributed by atoms with Crippen molar-refractivity contribution in [1.82, 2.24) is 0 Å². The number of carboxylic acid groups (broad SMARTS) is 1. The van der Waals surface area contributed by atoms with E-state index in [1.54, 1.807) is 12.1 Å². The van der Waals surface area contributed by atoms with Crippen molar-refractivity contribution in [2.24, 2.45) is 0 Å². The van der Waals surface area contributed by atoms with Crippen LogP contribution in [0.5, 0.6) is 0 Å². The lowest BCUT2D eigenvalue weighted by molar-refractivity contribution is 0.0697. The van der Waals surface area contributed by atoms with Gasteiger partial charge in [-0.05, 0) is 18.2 Å². The van der Waals surface area contributed by atoms with Crippen LogP contribution in [-0.2, 0) is 0 Å². The minimum absolute atomic E-state index is 0.0956. The number of carbonyl (C=O) groups is 1. The van der Waals surface area contributed by atoms with Gasteiger partial charge in [0.2, 0.25) is 0 Å².